The second-order valence-electron chi connectivity index (χ2n) is 17.6. The molecule has 0 N–H and O–H groups in total. The average molecular weight is 667 g/mol. The maximum atomic E-state index is 2.63. The summed E-state index contributed by atoms with van der Waals surface area (Å²) in [6.45, 7) is 35.4. The van der Waals surface area contributed by atoms with E-state index in [2.05, 4.69) is 127 Å². The Labute approximate surface area is 305 Å². The molecule has 0 heteroatoms. The highest BCUT2D eigenvalue weighted by molar-refractivity contribution is 5.20. The van der Waals surface area contributed by atoms with Gasteiger partial charge in [-0.25, -0.2) is 0 Å². The Morgan fingerprint density at radius 3 is 1.00 bits per heavy atom. The maximum absolute atomic E-state index is 2.63. The minimum atomic E-state index is 0.316. The second-order valence-corrected chi connectivity index (χ2v) is 17.6. The zero-order valence-corrected chi connectivity index (χ0v) is 35.8. The molecule has 0 nitrogen and oxygen atoms in total. The summed E-state index contributed by atoms with van der Waals surface area (Å²) in [5, 5.41) is 0. The van der Waals surface area contributed by atoms with E-state index >= 15 is 0 Å². The van der Waals surface area contributed by atoms with Gasteiger partial charge in [-0.05, 0) is 95.3 Å². The molecule has 0 fully saturated rings. The molecule has 0 aromatic heterocycles. The molecule has 0 saturated carbocycles. The van der Waals surface area contributed by atoms with Crippen LogP contribution in [-0.2, 0) is 0 Å². The van der Waals surface area contributed by atoms with Gasteiger partial charge in [0.2, 0.25) is 0 Å². The fourth-order valence-electron chi connectivity index (χ4n) is 11.5. The van der Waals surface area contributed by atoms with E-state index in [-0.39, 0.29) is 0 Å². The summed E-state index contributed by atoms with van der Waals surface area (Å²) in [5.41, 5.74) is 4.00. The van der Waals surface area contributed by atoms with Crippen LogP contribution >= 0.6 is 0 Å². The fourth-order valence-corrected chi connectivity index (χ4v) is 11.5. The van der Waals surface area contributed by atoms with Crippen molar-refractivity contribution in [2.75, 3.05) is 0 Å². The first-order valence-corrected chi connectivity index (χ1v) is 21.9. The summed E-state index contributed by atoms with van der Waals surface area (Å²) in [6.07, 6.45) is 28.2. The third kappa shape index (κ3) is 11.4. The Hall–Kier alpha value is -0.780. The van der Waals surface area contributed by atoms with Gasteiger partial charge in [0.1, 0.15) is 0 Å². The molecule has 0 radical (unpaired) electrons. The summed E-state index contributed by atoms with van der Waals surface area (Å²) in [7, 11) is 0. The molecule has 1 aromatic rings. The van der Waals surface area contributed by atoms with Crippen LogP contribution in [0, 0.1) is 32.5 Å². The van der Waals surface area contributed by atoms with Crippen LogP contribution in [0.4, 0.5) is 0 Å². The first-order chi connectivity index (χ1) is 22.9. The topological polar surface area (TPSA) is 0 Å². The summed E-state index contributed by atoms with van der Waals surface area (Å²) in [6, 6.07) is 11.8. The van der Waals surface area contributed by atoms with Gasteiger partial charge >= 0.3 is 0 Å². The zero-order valence-electron chi connectivity index (χ0n) is 35.8. The third-order valence-electron chi connectivity index (χ3n) is 16.0. The van der Waals surface area contributed by atoms with Gasteiger partial charge in [-0.15, -0.1) is 0 Å². The summed E-state index contributed by atoms with van der Waals surface area (Å²) >= 11 is 0. The van der Waals surface area contributed by atoms with Crippen LogP contribution in [0.15, 0.2) is 30.3 Å². The van der Waals surface area contributed by atoms with Crippen LogP contribution in [0.3, 0.4) is 0 Å². The van der Waals surface area contributed by atoms with Crippen molar-refractivity contribution in [2.45, 2.75) is 238 Å². The van der Waals surface area contributed by atoms with Crippen LogP contribution in [0.1, 0.15) is 243 Å². The lowest BCUT2D eigenvalue weighted by Gasteiger charge is -2.56. The third-order valence-corrected chi connectivity index (χ3v) is 16.0. The highest BCUT2D eigenvalue weighted by Gasteiger charge is 2.51. The van der Waals surface area contributed by atoms with E-state index in [9.17, 15) is 0 Å². The summed E-state index contributed by atoms with van der Waals surface area (Å²) in [4.78, 5) is 0. The van der Waals surface area contributed by atoms with Crippen molar-refractivity contribution in [1.82, 2.24) is 0 Å². The van der Waals surface area contributed by atoms with Crippen molar-refractivity contribution in [2.24, 2.45) is 32.5 Å². The van der Waals surface area contributed by atoms with Gasteiger partial charge in [0.15, 0.2) is 0 Å². The van der Waals surface area contributed by atoms with Crippen molar-refractivity contribution < 1.29 is 0 Å². The molecule has 0 saturated heterocycles. The van der Waals surface area contributed by atoms with Crippen molar-refractivity contribution in [1.29, 1.82) is 0 Å². The smallest absolute Gasteiger partial charge is 0.0159 e. The standard InChI is InChI=1S/C48H90/c1-15-34-46(26-12,27-13)39-47(28-14,36-43(17-3,18-4)19-5)40-48(37-44(20-6,21-7)22-8,38-45(23-9,24-10)25-11)35-41(16-2)42-32-30-29-31-33-42/h29-33,41H,15-28,34-40H2,1-14H3. The first kappa shape index (κ1) is 45.2. The Morgan fingerprint density at radius 2 is 0.688 bits per heavy atom. The lowest BCUT2D eigenvalue weighted by atomic mass is 9.49. The van der Waals surface area contributed by atoms with Crippen LogP contribution in [0.25, 0.3) is 0 Å². The largest absolute Gasteiger partial charge is 0.0654 e. The van der Waals surface area contributed by atoms with Gasteiger partial charge in [-0.1, -0.05) is 211 Å². The van der Waals surface area contributed by atoms with E-state index in [0.29, 0.717) is 38.4 Å². The van der Waals surface area contributed by atoms with E-state index in [1.54, 1.807) is 5.56 Å². The zero-order chi connectivity index (χ0) is 36.5. The number of benzene rings is 1. The van der Waals surface area contributed by atoms with Crippen LogP contribution in [0.2, 0.25) is 0 Å². The molecule has 282 valence electrons. The van der Waals surface area contributed by atoms with Gasteiger partial charge in [0.05, 0.1) is 0 Å². The highest BCUT2D eigenvalue weighted by Crippen LogP contribution is 2.63. The van der Waals surface area contributed by atoms with Crippen LogP contribution in [-0.4, -0.2) is 0 Å². The number of rotatable bonds is 28. The fraction of sp³-hybridized carbons (Fsp3) is 0.875. The van der Waals surface area contributed by atoms with Gasteiger partial charge in [-0.3, -0.25) is 0 Å². The van der Waals surface area contributed by atoms with Gasteiger partial charge in [0.25, 0.3) is 0 Å². The molecule has 2 atom stereocenters. The Balaban J connectivity index is 4.35. The van der Waals surface area contributed by atoms with E-state index in [1.807, 2.05) is 0 Å². The molecule has 0 amide bonds. The maximum Gasteiger partial charge on any atom is -0.0159 e. The predicted octanol–water partition coefficient (Wildman–Crippen LogP) is 17.2. The Bertz CT molecular complexity index is 891. The SMILES string of the molecule is CCCC(CC)(CC)CC(CC)(CC(CC)(CC)CC)CC(CC(CC)c1ccccc1)(CC(CC)(CC)CC)CC(CC)(CC)CC. The van der Waals surface area contributed by atoms with Gasteiger partial charge in [0, 0.05) is 0 Å². The van der Waals surface area contributed by atoms with E-state index in [0.717, 1.165) is 0 Å². The molecule has 1 rings (SSSR count). The first-order valence-electron chi connectivity index (χ1n) is 21.9. The van der Waals surface area contributed by atoms with Gasteiger partial charge in [-0.2, -0.15) is 0 Å². The second kappa shape index (κ2) is 20.9. The molecule has 0 spiro atoms. The molecule has 0 aliphatic heterocycles. The van der Waals surface area contributed by atoms with Gasteiger partial charge < -0.3 is 0 Å². The molecule has 0 bridgehead atoms. The molecular formula is C48H90. The van der Waals surface area contributed by atoms with E-state index < -0.39 is 0 Å². The van der Waals surface area contributed by atoms with Crippen LogP contribution in [0.5, 0.6) is 0 Å². The molecule has 0 aliphatic carbocycles. The molecule has 2 unspecified atom stereocenters. The Morgan fingerprint density at radius 1 is 0.375 bits per heavy atom. The van der Waals surface area contributed by atoms with E-state index in [4.69, 9.17) is 0 Å². The molecule has 0 heterocycles. The van der Waals surface area contributed by atoms with Crippen LogP contribution < -0.4 is 0 Å². The van der Waals surface area contributed by atoms with Crippen molar-refractivity contribution in [3.05, 3.63) is 35.9 Å². The van der Waals surface area contributed by atoms with Crippen molar-refractivity contribution in [3.63, 3.8) is 0 Å². The lowest BCUT2D eigenvalue weighted by Crippen LogP contribution is -2.45. The monoisotopic (exact) mass is 667 g/mol. The lowest BCUT2D eigenvalue weighted by molar-refractivity contribution is -0.0489. The minimum absolute atomic E-state index is 0.316. The number of hydrogen-bond acceptors (Lipinski definition) is 0. The molecule has 1 aromatic carbocycles. The minimum Gasteiger partial charge on any atom is -0.0654 e. The predicted molar refractivity (Wildman–Crippen MR) is 220 cm³/mol. The summed E-state index contributed by atoms with van der Waals surface area (Å²) in [5.74, 6) is 0.623. The average Bonchev–Trinajstić information content (AvgIpc) is 3.14. The highest BCUT2D eigenvalue weighted by atomic mass is 14.6. The van der Waals surface area contributed by atoms with E-state index in [1.165, 1.54) is 135 Å². The van der Waals surface area contributed by atoms with Crippen molar-refractivity contribution in [3.8, 4) is 0 Å². The molecular weight excluding hydrogens is 577 g/mol. The molecule has 0 aliphatic rings. The normalized spacial score (nSPS) is 15.5. The van der Waals surface area contributed by atoms with Crippen molar-refractivity contribution >= 4 is 0 Å². The summed E-state index contributed by atoms with van der Waals surface area (Å²) < 4.78 is 0. The molecule has 48 heavy (non-hydrogen) atoms. The number of hydrogen-bond donors (Lipinski definition) is 0. The Kier molecular flexibility index (Phi) is 19.7. The quantitative estimate of drug-likeness (QED) is 0.0835.